The normalized spacial score (nSPS) is 11.5. The minimum absolute atomic E-state index is 0.463. The lowest BCUT2D eigenvalue weighted by molar-refractivity contribution is -0.0240. The highest BCUT2D eigenvalue weighted by Crippen LogP contribution is 2.28. The third-order valence-electron chi connectivity index (χ3n) is 2.45. The zero-order valence-electron chi connectivity index (χ0n) is 9.83. The molecular formula is C12H19NO2. The largest absolute Gasteiger partial charge is 0.494 e. The molecule has 3 heteroatoms. The molecule has 0 bridgehead atoms. The maximum absolute atomic E-state index is 5.42. The molecule has 0 amide bonds. The molecule has 0 radical (unpaired) electrons. The summed E-state index contributed by atoms with van der Waals surface area (Å²) >= 11 is 0. The maximum atomic E-state index is 5.42. The lowest BCUT2D eigenvalue weighted by atomic mass is 9.94. The smallest absolute Gasteiger partial charge is 0.119 e. The first-order valence-electron chi connectivity index (χ1n) is 5.13. The van der Waals surface area contributed by atoms with Crippen LogP contribution in [-0.2, 0) is 10.4 Å². The van der Waals surface area contributed by atoms with Crippen molar-refractivity contribution in [2.45, 2.75) is 33.3 Å². The third kappa shape index (κ3) is 2.70. The second-order valence-electron chi connectivity index (χ2n) is 4.04. The predicted octanol–water partition coefficient (Wildman–Crippen LogP) is 2.52. The van der Waals surface area contributed by atoms with Crippen LogP contribution in [0.1, 0.15) is 31.9 Å². The summed E-state index contributed by atoms with van der Waals surface area (Å²) < 4.78 is 5.42. The van der Waals surface area contributed by atoms with Gasteiger partial charge in [-0.25, -0.2) is 5.90 Å². The number of benzene rings is 1. The maximum Gasteiger partial charge on any atom is 0.119 e. The number of nitrogens with two attached hydrogens (primary N) is 1. The summed E-state index contributed by atoms with van der Waals surface area (Å²) in [5, 5.41) is 0. The van der Waals surface area contributed by atoms with E-state index in [-0.39, 0.29) is 0 Å². The Morgan fingerprint density at radius 2 is 2.00 bits per heavy atom. The Kier molecular flexibility index (Phi) is 3.72. The number of ether oxygens (including phenoxy) is 1. The molecule has 0 fully saturated rings. The van der Waals surface area contributed by atoms with Crippen molar-refractivity contribution >= 4 is 0 Å². The van der Waals surface area contributed by atoms with Gasteiger partial charge in [-0.3, -0.25) is 4.84 Å². The first kappa shape index (κ1) is 12.0. The monoisotopic (exact) mass is 209 g/mol. The van der Waals surface area contributed by atoms with E-state index in [1.807, 2.05) is 45.9 Å². The SMILES string of the molecule is CCOc1ccc(C(C)(C)ON)c(C)c1. The van der Waals surface area contributed by atoms with Gasteiger partial charge in [0.1, 0.15) is 11.4 Å². The fraction of sp³-hybridized carbons (Fsp3) is 0.500. The molecule has 0 heterocycles. The number of hydrogen-bond acceptors (Lipinski definition) is 3. The molecular weight excluding hydrogens is 190 g/mol. The molecule has 0 unspecified atom stereocenters. The topological polar surface area (TPSA) is 44.5 Å². The lowest BCUT2D eigenvalue weighted by Gasteiger charge is -2.24. The van der Waals surface area contributed by atoms with Crippen LogP contribution >= 0.6 is 0 Å². The molecule has 1 rings (SSSR count). The molecule has 0 aliphatic heterocycles. The van der Waals surface area contributed by atoms with Gasteiger partial charge in [0, 0.05) is 0 Å². The average Bonchev–Trinajstić information content (AvgIpc) is 2.18. The summed E-state index contributed by atoms with van der Waals surface area (Å²) in [7, 11) is 0. The van der Waals surface area contributed by atoms with E-state index in [1.165, 1.54) is 0 Å². The Morgan fingerprint density at radius 1 is 1.33 bits per heavy atom. The molecule has 0 saturated heterocycles. The summed E-state index contributed by atoms with van der Waals surface area (Å²) in [6.07, 6.45) is 0. The van der Waals surface area contributed by atoms with E-state index in [0.717, 1.165) is 16.9 Å². The van der Waals surface area contributed by atoms with Gasteiger partial charge in [-0.15, -0.1) is 0 Å². The highest BCUT2D eigenvalue weighted by atomic mass is 16.6. The van der Waals surface area contributed by atoms with Crippen LogP contribution in [0.3, 0.4) is 0 Å². The van der Waals surface area contributed by atoms with Gasteiger partial charge in [-0.05, 0) is 51.0 Å². The highest BCUT2D eigenvalue weighted by Gasteiger charge is 2.22. The molecule has 0 saturated carbocycles. The summed E-state index contributed by atoms with van der Waals surface area (Å²) in [4.78, 5) is 4.96. The second kappa shape index (κ2) is 4.64. The molecule has 0 aromatic heterocycles. The van der Waals surface area contributed by atoms with Crippen LogP contribution in [-0.4, -0.2) is 6.61 Å². The first-order valence-corrected chi connectivity index (χ1v) is 5.13. The molecule has 0 aliphatic carbocycles. The molecule has 0 atom stereocenters. The van der Waals surface area contributed by atoms with E-state index in [9.17, 15) is 0 Å². The minimum Gasteiger partial charge on any atom is -0.494 e. The zero-order chi connectivity index (χ0) is 11.5. The van der Waals surface area contributed by atoms with Crippen LogP contribution in [0.2, 0.25) is 0 Å². The van der Waals surface area contributed by atoms with Crippen LogP contribution < -0.4 is 10.6 Å². The van der Waals surface area contributed by atoms with E-state index in [0.29, 0.717) is 6.61 Å². The van der Waals surface area contributed by atoms with Crippen molar-refractivity contribution in [3.8, 4) is 5.75 Å². The molecule has 1 aromatic rings. The van der Waals surface area contributed by atoms with Crippen molar-refractivity contribution in [3.05, 3.63) is 29.3 Å². The first-order chi connectivity index (χ1) is 7.01. The van der Waals surface area contributed by atoms with Crippen molar-refractivity contribution < 1.29 is 9.57 Å². The number of aryl methyl sites for hydroxylation is 1. The molecule has 1 aromatic carbocycles. The molecule has 0 aliphatic rings. The molecule has 0 spiro atoms. The number of hydrogen-bond donors (Lipinski definition) is 1. The Bertz CT molecular complexity index is 334. The Labute approximate surface area is 91.1 Å². The zero-order valence-corrected chi connectivity index (χ0v) is 9.83. The van der Waals surface area contributed by atoms with E-state index in [1.54, 1.807) is 0 Å². The van der Waals surface area contributed by atoms with Gasteiger partial charge in [0.25, 0.3) is 0 Å². The van der Waals surface area contributed by atoms with Gasteiger partial charge in [0.2, 0.25) is 0 Å². The van der Waals surface area contributed by atoms with Gasteiger partial charge in [-0.2, -0.15) is 0 Å². The van der Waals surface area contributed by atoms with Gasteiger partial charge >= 0.3 is 0 Å². The summed E-state index contributed by atoms with van der Waals surface area (Å²) in [6.45, 7) is 8.55. The standard InChI is InChI=1S/C12H19NO2/c1-5-14-10-6-7-11(9(2)8-10)12(3,4)15-13/h6-8H,5,13H2,1-4H3. The van der Waals surface area contributed by atoms with Gasteiger partial charge in [0.15, 0.2) is 0 Å². The fourth-order valence-corrected chi connectivity index (χ4v) is 1.63. The van der Waals surface area contributed by atoms with E-state index in [2.05, 4.69) is 0 Å². The molecule has 84 valence electrons. The van der Waals surface area contributed by atoms with Crippen molar-refractivity contribution in [1.29, 1.82) is 0 Å². The van der Waals surface area contributed by atoms with E-state index in [4.69, 9.17) is 15.5 Å². The van der Waals surface area contributed by atoms with E-state index < -0.39 is 5.60 Å². The van der Waals surface area contributed by atoms with Crippen LogP contribution in [0.25, 0.3) is 0 Å². The second-order valence-corrected chi connectivity index (χ2v) is 4.04. The van der Waals surface area contributed by atoms with E-state index >= 15 is 0 Å². The van der Waals surface area contributed by atoms with Crippen LogP contribution in [0.15, 0.2) is 18.2 Å². The number of rotatable bonds is 4. The van der Waals surface area contributed by atoms with Crippen molar-refractivity contribution in [1.82, 2.24) is 0 Å². The fourth-order valence-electron chi connectivity index (χ4n) is 1.63. The summed E-state index contributed by atoms with van der Waals surface area (Å²) in [6, 6.07) is 5.93. The van der Waals surface area contributed by atoms with Crippen molar-refractivity contribution in [2.24, 2.45) is 5.90 Å². The highest BCUT2D eigenvalue weighted by molar-refractivity contribution is 5.37. The summed E-state index contributed by atoms with van der Waals surface area (Å²) in [5.41, 5.74) is 1.74. The van der Waals surface area contributed by atoms with Gasteiger partial charge < -0.3 is 4.74 Å². The third-order valence-corrected chi connectivity index (χ3v) is 2.45. The lowest BCUT2D eigenvalue weighted by Crippen LogP contribution is -2.26. The minimum atomic E-state index is -0.463. The van der Waals surface area contributed by atoms with Gasteiger partial charge in [0.05, 0.1) is 6.61 Å². The quantitative estimate of drug-likeness (QED) is 0.775. The Morgan fingerprint density at radius 3 is 2.47 bits per heavy atom. The van der Waals surface area contributed by atoms with Crippen molar-refractivity contribution in [3.63, 3.8) is 0 Å². The van der Waals surface area contributed by atoms with Crippen molar-refractivity contribution in [2.75, 3.05) is 6.61 Å². The summed E-state index contributed by atoms with van der Waals surface area (Å²) in [5.74, 6) is 6.15. The Hall–Kier alpha value is -1.06. The Balaban J connectivity index is 3.03. The predicted molar refractivity (Wildman–Crippen MR) is 60.6 cm³/mol. The average molecular weight is 209 g/mol. The van der Waals surface area contributed by atoms with Crippen LogP contribution in [0, 0.1) is 6.92 Å². The molecule has 15 heavy (non-hydrogen) atoms. The van der Waals surface area contributed by atoms with Crippen LogP contribution in [0.4, 0.5) is 0 Å². The molecule has 2 N–H and O–H groups in total. The van der Waals surface area contributed by atoms with Gasteiger partial charge in [-0.1, -0.05) is 6.07 Å². The van der Waals surface area contributed by atoms with Crippen LogP contribution in [0.5, 0.6) is 5.75 Å². The molecule has 3 nitrogen and oxygen atoms in total.